The van der Waals surface area contributed by atoms with E-state index in [-0.39, 0.29) is 0 Å². The second-order valence-electron chi connectivity index (χ2n) is 3.99. The molecule has 0 spiro atoms. The van der Waals surface area contributed by atoms with Gasteiger partial charge in [-0.05, 0) is 48.9 Å². The van der Waals surface area contributed by atoms with Gasteiger partial charge in [0.05, 0.1) is 0 Å². The number of nitrogens with one attached hydrogen (secondary N) is 1. The molecular weight excluding hydrogens is 226 g/mol. The summed E-state index contributed by atoms with van der Waals surface area (Å²) in [6.45, 7) is 2.45. The number of halogens is 1. The minimum atomic E-state index is 0.823. The van der Waals surface area contributed by atoms with Crippen LogP contribution in [0.2, 0.25) is 5.02 Å². The minimum Gasteiger partial charge on any atom is -0.316 e. The predicted octanol–water partition coefficient (Wildman–Crippen LogP) is 3.18. The Morgan fingerprint density at radius 2 is 2.00 bits per heavy atom. The number of hydrogen-bond acceptors (Lipinski definition) is 2. The number of rotatable bonds is 5. The van der Waals surface area contributed by atoms with Gasteiger partial charge in [-0.15, -0.1) is 0 Å². The van der Waals surface area contributed by atoms with Gasteiger partial charge in [-0.3, -0.25) is 0 Å². The van der Waals surface area contributed by atoms with Crippen molar-refractivity contribution >= 4 is 23.4 Å². The molecule has 82 valence electrons. The van der Waals surface area contributed by atoms with Crippen molar-refractivity contribution in [3.8, 4) is 0 Å². The summed E-state index contributed by atoms with van der Waals surface area (Å²) in [6.07, 6.45) is 1.35. The lowest BCUT2D eigenvalue weighted by molar-refractivity contribution is 0.341. The Kier molecular flexibility index (Phi) is 4.36. The second-order valence-corrected chi connectivity index (χ2v) is 5.53. The lowest BCUT2D eigenvalue weighted by Crippen LogP contribution is -2.42. The Morgan fingerprint density at radius 1 is 1.27 bits per heavy atom. The van der Waals surface area contributed by atoms with E-state index in [0.717, 1.165) is 16.7 Å². The van der Waals surface area contributed by atoms with E-state index in [0.29, 0.717) is 0 Å². The first-order valence-electron chi connectivity index (χ1n) is 5.37. The molecule has 0 aromatic heterocycles. The van der Waals surface area contributed by atoms with Crippen LogP contribution in [0.25, 0.3) is 0 Å². The third-order valence-corrected chi connectivity index (χ3v) is 4.03. The average molecular weight is 242 g/mol. The molecule has 0 bridgehead atoms. The Hall–Kier alpha value is -0.180. The fourth-order valence-corrected chi connectivity index (χ4v) is 2.77. The quantitative estimate of drug-likeness (QED) is 0.795. The highest BCUT2D eigenvalue weighted by Crippen LogP contribution is 2.18. The van der Waals surface area contributed by atoms with E-state index in [2.05, 4.69) is 17.4 Å². The fraction of sp³-hybridized carbons (Fsp3) is 0.500. The second kappa shape index (κ2) is 5.78. The largest absolute Gasteiger partial charge is 0.316 e. The van der Waals surface area contributed by atoms with Crippen LogP contribution in [0.1, 0.15) is 12.0 Å². The molecule has 15 heavy (non-hydrogen) atoms. The maximum absolute atomic E-state index is 5.83. The SMILES string of the molecule is Clc1ccc(CSCCC2CNC2)cc1. The van der Waals surface area contributed by atoms with E-state index in [1.165, 1.54) is 30.8 Å². The van der Waals surface area contributed by atoms with Gasteiger partial charge < -0.3 is 5.32 Å². The van der Waals surface area contributed by atoms with Crippen molar-refractivity contribution in [2.45, 2.75) is 12.2 Å². The van der Waals surface area contributed by atoms with Crippen LogP contribution in [0.3, 0.4) is 0 Å². The predicted molar refractivity (Wildman–Crippen MR) is 68.6 cm³/mol. The van der Waals surface area contributed by atoms with Crippen molar-refractivity contribution in [2.75, 3.05) is 18.8 Å². The highest BCUT2D eigenvalue weighted by atomic mass is 35.5. The van der Waals surface area contributed by atoms with Gasteiger partial charge in [0.1, 0.15) is 0 Å². The van der Waals surface area contributed by atoms with Gasteiger partial charge in [0, 0.05) is 10.8 Å². The summed E-state index contributed by atoms with van der Waals surface area (Å²) in [5.41, 5.74) is 1.37. The standard InChI is InChI=1S/C12H16ClNS/c13-12-3-1-10(2-4-12)9-15-6-5-11-7-14-8-11/h1-4,11,14H,5-9H2. The van der Waals surface area contributed by atoms with E-state index in [9.17, 15) is 0 Å². The molecule has 0 atom stereocenters. The smallest absolute Gasteiger partial charge is 0.0406 e. The van der Waals surface area contributed by atoms with Crippen LogP contribution < -0.4 is 5.32 Å². The molecule has 1 fully saturated rings. The first-order valence-corrected chi connectivity index (χ1v) is 6.91. The number of thioether (sulfide) groups is 1. The third-order valence-electron chi connectivity index (χ3n) is 2.72. The Bertz CT molecular complexity index is 295. The maximum atomic E-state index is 5.83. The summed E-state index contributed by atoms with van der Waals surface area (Å²) in [5, 5.41) is 4.13. The van der Waals surface area contributed by atoms with Crippen LogP contribution in [-0.4, -0.2) is 18.8 Å². The summed E-state index contributed by atoms with van der Waals surface area (Å²) >= 11 is 7.85. The van der Waals surface area contributed by atoms with Crippen molar-refractivity contribution in [1.82, 2.24) is 5.32 Å². The average Bonchev–Trinajstić information content (AvgIpc) is 2.18. The molecule has 0 aliphatic carbocycles. The van der Waals surface area contributed by atoms with Gasteiger partial charge >= 0.3 is 0 Å². The molecule has 1 aliphatic rings. The van der Waals surface area contributed by atoms with E-state index >= 15 is 0 Å². The van der Waals surface area contributed by atoms with Crippen LogP contribution in [-0.2, 0) is 5.75 Å². The van der Waals surface area contributed by atoms with Crippen molar-refractivity contribution in [3.05, 3.63) is 34.9 Å². The minimum absolute atomic E-state index is 0.823. The Balaban J connectivity index is 1.62. The van der Waals surface area contributed by atoms with Gasteiger partial charge in [-0.2, -0.15) is 11.8 Å². The van der Waals surface area contributed by atoms with Gasteiger partial charge in [0.2, 0.25) is 0 Å². The van der Waals surface area contributed by atoms with Crippen LogP contribution >= 0.6 is 23.4 Å². The molecule has 2 rings (SSSR count). The van der Waals surface area contributed by atoms with Gasteiger partial charge in [0.25, 0.3) is 0 Å². The maximum Gasteiger partial charge on any atom is 0.0406 e. The molecule has 0 unspecified atom stereocenters. The first-order chi connectivity index (χ1) is 7.34. The molecule has 1 aromatic rings. The molecule has 0 saturated carbocycles. The molecule has 1 saturated heterocycles. The zero-order valence-electron chi connectivity index (χ0n) is 8.71. The summed E-state index contributed by atoms with van der Waals surface area (Å²) in [4.78, 5) is 0. The molecule has 1 heterocycles. The molecule has 3 heteroatoms. The lowest BCUT2D eigenvalue weighted by atomic mass is 10.0. The molecular formula is C12H16ClNS. The van der Waals surface area contributed by atoms with Crippen LogP contribution in [0.4, 0.5) is 0 Å². The fourth-order valence-electron chi connectivity index (χ4n) is 1.57. The van der Waals surface area contributed by atoms with E-state index < -0.39 is 0 Å². The van der Waals surface area contributed by atoms with Gasteiger partial charge in [-0.1, -0.05) is 23.7 Å². The summed E-state index contributed by atoms with van der Waals surface area (Å²) in [6, 6.07) is 8.15. The Morgan fingerprint density at radius 3 is 2.60 bits per heavy atom. The zero-order chi connectivity index (χ0) is 10.5. The van der Waals surface area contributed by atoms with E-state index in [1.807, 2.05) is 23.9 Å². The number of benzene rings is 1. The molecule has 1 N–H and O–H groups in total. The Labute approximate surface area is 101 Å². The molecule has 0 amide bonds. The molecule has 1 nitrogen and oxygen atoms in total. The topological polar surface area (TPSA) is 12.0 Å². The van der Waals surface area contributed by atoms with Crippen LogP contribution in [0.5, 0.6) is 0 Å². The van der Waals surface area contributed by atoms with Crippen molar-refractivity contribution < 1.29 is 0 Å². The highest BCUT2D eigenvalue weighted by molar-refractivity contribution is 7.98. The lowest BCUT2D eigenvalue weighted by Gasteiger charge is -2.26. The van der Waals surface area contributed by atoms with Crippen molar-refractivity contribution in [2.24, 2.45) is 5.92 Å². The molecule has 1 aromatic carbocycles. The highest BCUT2D eigenvalue weighted by Gasteiger charge is 2.15. The zero-order valence-corrected chi connectivity index (χ0v) is 10.3. The summed E-state index contributed by atoms with van der Waals surface area (Å²) in [7, 11) is 0. The monoisotopic (exact) mass is 241 g/mol. The number of hydrogen-bond donors (Lipinski definition) is 1. The van der Waals surface area contributed by atoms with Gasteiger partial charge in [0.15, 0.2) is 0 Å². The first kappa shape index (κ1) is 11.3. The molecule has 1 aliphatic heterocycles. The van der Waals surface area contributed by atoms with Crippen molar-refractivity contribution in [1.29, 1.82) is 0 Å². The van der Waals surface area contributed by atoms with Gasteiger partial charge in [-0.25, -0.2) is 0 Å². The molecule has 0 radical (unpaired) electrons. The van der Waals surface area contributed by atoms with Crippen LogP contribution in [0.15, 0.2) is 24.3 Å². The van der Waals surface area contributed by atoms with Crippen LogP contribution in [0, 0.1) is 5.92 Å². The van der Waals surface area contributed by atoms with E-state index in [1.54, 1.807) is 0 Å². The third kappa shape index (κ3) is 3.71. The summed E-state index contributed by atoms with van der Waals surface area (Å²) < 4.78 is 0. The van der Waals surface area contributed by atoms with Crippen molar-refractivity contribution in [3.63, 3.8) is 0 Å². The van der Waals surface area contributed by atoms with E-state index in [4.69, 9.17) is 11.6 Å². The normalized spacial score (nSPS) is 16.3. The summed E-state index contributed by atoms with van der Waals surface area (Å²) in [5.74, 6) is 3.31.